The smallest absolute Gasteiger partial charge is 0.142 e. The highest BCUT2D eigenvalue weighted by Gasteiger charge is 2.13. The van der Waals surface area contributed by atoms with Gasteiger partial charge in [-0.05, 0) is 28.0 Å². The molecule has 0 bridgehead atoms. The summed E-state index contributed by atoms with van der Waals surface area (Å²) >= 11 is 3.46. The van der Waals surface area contributed by atoms with E-state index in [1.807, 2.05) is 23.0 Å². The van der Waals surface area contributed by atoms with Crippen molar-refractivity contribution in [2.45, 2.75) is 32.4 Å². The van der Waals surface area contributed by atoms with Crippen LogP contribution in [0.2, 0.25) is 25.7 Å². The predicted octanol–water partition coefficient (Wildman–Crippen LogP) is 4.75. The Morgan fingerprint density at radius 2 is 2.20 bits per heavy atom. The summed E-state index contributed by atoms with van der Waals surface area (Å²) in [6.45, 7) is 12.3. The summed E-state index contributed by atoms with van der Waals surface area (Å²) in [6.07, 6.45) is 5.72. The number of fused-ring (bicyclic) bond motifs is 1. The van der Waals surface area contributed by atoms with Gasteiger partial charge in [0, 0.05) is 42.5 Å². The molecule has 0 saturated carbocycles. The summed E-state index contributed by atoms with van der Waals surface area (Å²) in [5.74, 6) is 0. The summed E-state index contributed by atoms with van der Waals surface area (Å²) in [6, 6.07) is 3.25. The Morgan fingerprint density at radius 3 is 2.85 bits per heavy atom. The molecule has 0 aliphatic rings. The fourth-order valence-corrected chi connectivity index (χ4v) is 3.06. The van der Waals surface area contributed by atoms with E-state index in [0.29, 0.717) is 6.73 Å². The van der Waals surface area contributed by atoms with Crippen molar-refractivity contribution < 1.29 is 4.74 Å². The van der Waals surface area contributed by atoms with Gasteiger partial charge in [-0.3, -0.25) is 0 Å². The van der Waals surface area contributed by atoms with Crippen molar-refractivity contribution in [1.82, 2.24) is 9.55 Å². The lowest BCUT2D eigenvalue weighted by molar-refractivity contribution is 0.0898. The van der Waals surface area contributed by atoms with Gasteiger partial charge in [-0.2, -0.15) is 0 Å². The molecule has 0 aliphatic carbocycles. The largest absolute Gasteiger partial charge is 0.361 e. The third-order valence-electron chi connectivity index (χ3n) is 3.16. The van der Waals surface area contributed by atoms with Gasteiger partial charge < -0.3 is 9.30 Å². The molecule has 0 N–H and O–H groups in total. The quantitative estimate of drug-likeness (QED) is 0.553. The van der Waals surface area contributed by atoms with Gasteiger partial charge >= 0.3 is 0 Å². The van der Waals surface area contributed by atoms with Gasteiger partial charge in [0.2, 0.25) is 0 Å². The molecule has 0 spiro atoms. The SMILES string of the molecule is C=Cc1cn(COCC[Si](C)(C)C)c2ncc(Br)cc12. The molecular formula is C15H21BrN2OSi. The van der Waals surface area contributed by atoms with E-state index in [1.54, 1.807) is 0 Å². The Kier molecular flexibility index (Phi) is 4.83. The number of aromatic nitrogens is 2. The van der Waals surface area contributed by atoms with E-state index >= 15 is 0 Å². The zero-order valence-corrected chi connectivity index (χ0v) is 14.9. The van der Waals surface area contributed by atoms with Crippen LogP contribution in [0.1, 0.15) is 5.56 Å². The zero-order valence-electron chi connectivity index (χ0n) is 12.3. The molecule has 0 fully saturated rings. The van der Waals surface area contributed by atoms with E-state index in [1.165, 1.54) is 6.04 Å². The molecule has 0 atom stereocenters. The van der Waals surface area contributed by atoms with Crippen molar-refractivity contribution in [2.24, 2.45) is 0 Å². The highest BCUT2D eigenvalue weighted by Crippen LogP contribution is 2.24. The van der Waals surface area contributed by atoms with Gasteiger partial charge in [0.1, 0.15) is 12.4 Å². The molecule has 2 aromatic heterocycles. The molecule has 0 radical (unpaired) electrons. The van der Waals surface area contributed by atoms with Crippen LogP contribution in [0.5, 0.6) is 0 Å². The summed E-state index contributed by atoms with van der Waals surface area (Å²) in [7, 11) is -1.03. The Hall–Kier alpha value is -0.913. The molecule has 0 saturated heterocycles. The molecule has 0 aromatic carbocycles. The lowest BCUT2D eigenvalue weighted by Gasteiger charge is -2.15. The Labute approximate surface area is 129 Å². The van der Waals surface area contributed by atoms with E-state index in [9.17, 15) is 0 Å². The van der Waals surface area contributed by atoms with Gasteiger partial charge in [0.25, 0.3) is 0 Å². The van der Waals surface area contributed by atoms with Crippen LogP contribution in [0.4, 0.5) is 0 Å². The monoisotopic (exact) mass is 352 g/mol. The molecule has 0 aliphatic heterocycles. The first kappa shape index (κ1) is 15.5. The first-order valence-electron chi connectivity index (χ1n) is 6.75. The minimum Gasteiger partial charge on any atom is -0.361 e. The van der Waals surface area contributed by atoms with E-state index in [0.717, 1.165) is 27.7 Å². The van der Waals surface area contributed by atoms with Crippen LogP contribution in [0.15, 0.2) is 29.5 Å². The molecule has 2 rings (SSSR count). The van der Waals surface area contributed by atoms with Crippen LogP contribution < -0.4 is 0 Å². The molecule has 0 unspecified atom stereocenters. The second-order valence-corrected chi connectivity index (χ2v) is 12.7. The van der Waals surface area contributed by atoms with E-state index in [-0.39, 0.29) is 0 Å². The average molecular weight is 353 g/mol. The van der Waals surface area contributed by atoms with Crippen molar-refractivity contribution in [3.05, 3.63) is 35.1 Å². The normalized spacial score (nSPS) is 12.0. The van der Waals surface area contributed by atoms with Crippen LogP contribution in [-0.4, -0.2) is 24.2 Å². The van der Waals surface area contributed by atoms with Crippen molar-refractivity contribution in [3.8, 4) is 0 Å². The zero-order chi connectivity index (χ0) is 14.8. The van der Waals surface area contributed by atoms with Crippen molar-refractivity contribution >= 4 is 41.1 Å². The molecule has 2 heterocycles. The summed E-state index contributed by atoms with van der Waals surface area (Å²) in [5.41, 5.74) is 2.03. The topological polar surface area (TPSA) is 27.1 Å². The van der Waals surface area contributed by atoms with E-state index in [4.69, 9.17) is 4.74 Å². The van der Waals surface area contributed by atoms with Crippen LogP contribution in [-0.2, 0) is 11.5 Å². The fraction of sp³-hybridized carbons (Fsp3) is 0.400. The first-order valence-corrected chi connectivity index (χ1v) is 11.3. The number of nitrogens with zero attached hydrogens (tertiary/aromatic N) is 2. The molecule has 3 nitrogen and oxygen atoms in total. The number of pyridine rings is 1. The number of ether oxygens (including phenoxy) is 1. The molecule has 5 heteroatoms. The number of hydrogen-bond acceptors (Lipinski definition) is 2. The van der Waals surface area contributed by atoms with Gasteiger partial charge in [-0.15, -0.1) is 0 Å². The Morgan fingerprint density at radius 1 is 1.45 bits per heavy atom. The van der Waals surface area contributed by atoms with Crippen LogP contribution >= 0.6 is 15.9 Å². The average Bonchev–Trinajstić information content (AvgIpc) is 2.71. The maximum absolute atomic E-state index is 5.80. The first-order chi connectivity index (χ1) is 9.40. The van der Waals surface area contributed by atoms with Crippen molar-refractivity contribution in [2.75, 3.05) is 6.61 Å². The van der Waals surface area contributed by atoms with E-state index < -0.39 is 8.07 Å². The van der Waals surface area contributed by atoms with Gasteiger partial charge in [0.05, 0.1) is 0 Å². The lowest BCUT2D eigenvalue weighted by Crippen LogP contribution is -2.22. The minimum atomic E-state index is -1.03. The Bertz CT molecular complexity index is 616. The maximum Gasteiger partial charge on any atom is 0.142 e. The second kappa shape index (κ2) is 6.24. The summed E-state index contributed by atoms with van der Waals surface area (Å²) < 4.78 is 8.83. The highest BCUT2D eigenvalue weighted by atomic mass is 79.9. The summed E-state index contributed by atoms with van der Waals surface area (Å²) in [4.78, 5) is 4.47. The Balaban J connectivity index is 2.12. The molecule has 108 valence electrons. The third kappa shape index (κ3) is 3.81. The van der Waals surface area contributed by atoms with Crippen molar-refractivity contribution in [3.63, 3.8) is 0 Å². The van der Waals surface area contributed by atoms with Crippen LogP contribution in [0, 0.1) is 0 Å². The number of hydrogen-bond donors (Lipinski definition) is 0. The van der Waals surface area contributed by atoms with Crippen molar-refractivity contribution in [1.29, 1.82) is 0 Å². The predicted molar refractivity (Wildman–Crippen MR) is 91.6 cm³/mol. The molecular weight excluding hydrogens is 332 g/mol. The number of rotatable bonds is 6. The maximum atomic E-state index is 5.80. The van der Waals surface area contributed by atoms with Crippen LogP contribution in [0.3, 0.4) is 0 Å². The van der Waals surface area contributed by atoms with E-state index in [2.05, 4.69) is 53.2 Å². The standard InChI is InChI=1S/C15H21BrN2OSi/c1-5-12-10-18(11-19-6-7-20(2,3)4)15-14(12)8-13(16)9-17-15/h5,8-10H,1,6-7,11H2,2-4H3. The molecule has 0 amide bonds. The summed E-state index contributed by atoms with van der Waals surface area (Å²) in [5, 5.41) is 1.10. The molecule has 20 heavy (non-hydrogen) atoms. The minimum absolute atomic E-state index is 0.545. The lowest BCUT2D eigenvalue weighted by atomic mass is 10.2. The van der Waals surface area contributed by atoms with Gasteiger partial charge in [-0.1, -0.05) is 32.3 Å². The highest BCUT2D eigenvalue weighted by molar-refractivity contribution is 9.10. The number of halogens is 1. The second-order valence-electron chi connectivity index (χ2n) is 6.13. The third-order valence-corrected chi connectivity index (χ3v) is 5.30. The van der Waals surface area contributed by atoms with Crippen LogP contribution in [0.25, 0.3) is 17.1 Å². The molecule has 2 aromatic rings. The van der Waals surface area contributed by atoms with Gasteiger partial charge in [-0.25, -0.2) is 4.98 Å². The van der Waals surface area contributed by atoms with Gasteiger partial charge in [0.15, 0.2) is 0 Å². The fourth-order valence-electron chi connectivity index (χ4n) is 1.97.